The van der Waals surface area contributed by atoms with Gasteiger partial charge in [-0.15, -0.1) is 0 Å². The average Bonchev–Trinajstić information content (AvgIpc) is 1.90. The molecule has 8 heavy (non-hydrogen) atoms. The Morgan fingerprint density at radius 3 is 2.75 bits per heavy atom. The molecule has 0 N–H and O–H groups in total. The van der Waals surface area contributed by atoms with Crippen molar-refractivity contribution in [2.45, 2.75) is 5.82 Å². The molecule has 2 nitrogen and oxygen atoms in total. The topological polar surface area (TPSA) is 25.8 Å². The molecule has 0 atom stereocenters. The van der Waals surface area contributed by atoms with Crippen molar-refractivity contribution < 1.29 is 0 Å². The first-order valence-electron chi connectivity index (χ1n) is 2.23. The molecule has 0 unspecified atom stereocenters. The molecule has 1 rings (SSSR count). The summed E-state index contributed by atoms with van der Waals surface area (Å²) >= 11 is 0.494. The van der Waals surface area contributed by atoms with Crippen LogP contribution in [0, 0.1) is 0 Å². The van der Waals surface area contributed by atoms with Crippen LogP contribution >= 0.6 is 0 Å². The minimum atomic E-state index is 0.494. The Kier molecular flexibility index (Phi) is 2.00. The van der Waals surface area contributed by atoms with Gasteiger partial charge in [-0.1, -0.05) is 0 Å². The maximum absolute atomic E-state index is 4.06. The predicted molar refractivity (Wildman–Crippen MR) is 33.3 cm³/mol. The molecule has 0 radical (unpaired) electrons. The monoisotopic (exact) mass is 174 g/mol. The van der Waals surface area contributed by atoms with Crippen LogP contribution in [0.3, 0.4) is 0 Å². The van der Waals surface area contributed by atoms with Gasteiger partial charge in [0.05, 0.1) is 0 Å². The summed E-state index contributed by atoms with van der Waals surface area (Å²) in [6.07, 6.45) is 5.22. The van der Waals surface area contributed by atoms with Crippen molar-refractivity contribution in [2.75, 3.05) is 0 Å². The third-order valence-corrected chi connectivity index (χ3v) is 2.07. The summed E-state index contributed by atoms with van der Waals surface area (Å²) < 4.78 is 1.11. The van der Waals surface area contributed by atoms with E-state index in [4.69, 9.17) is 0 Å². The zero-order valence-corrected chi connectivity index (χ0v) is 6.25. The van der Waals surface area contributed by atoms with Crippen LogP contribution in [0.4, 0.5) is 0 Å². The van der Waals surface area contributed by atoms with Gasteiger partial charge in [-0.3, -0.25) is 0 Å². The van der Waals surface area contributed by atoms with Gasteiger partial charge in [0.1, 0.15) is 0 Å². The van der Waals surface area contributed by atoms with E-state index in [2.05, 4.69) is 15.8 Å². The van der Waals surface area contributed by atoms with Crippen molar-refractivity contribution in [3.63, 3.8) is 0 Å². The summed E-state index contributed by atoms with van der Waals surface area (Å²) in [5, 5.41) is 0. The molecule has 0 spiro atoms. The van der Waals surface area contributed by atoms with Gasteiger partial charge in [0.15, 0.2) is 0 Å². The van der Waals surface area contributed by atoms with Crippen molar-refractivity contribution in [3.8, 4) is 0 Å². The van der Waals surface area contributed by atoms with E-state index < -0.39 is 0 Å². The molecule has 42 valence electrons. The maximum atomic E-state index is 4.06. The molecule has 0 fully saturated rings. The molecule has 0 saturated carbocycles. The Morgan fingerprint density at radius 1 is 1.50 bits per heavy atom. The Hall–Kier alpha value is -0.401. The normalized spacial score (nSPS) is 9.12. The molecular formula is C5H6N2Se. The fourth-order valence-electron chi connectivity index (χ4n) is 0.391. The molecule has 0 aliphatic rings. The van der Waals surface area contributed by atoms with Gasteiger partial charge in [-0.05, 0) is 0 Å². The van der Waals surface area contributed by atoms with E-state index in [9.17, 15) is 0 Å². The molecule has 1 aromatic rings. The third-order valence-electron chi connectivity index (χ3n) is 0.749. The fraction of sp³-hybridized carbons (Fsp3) is 0.200. The zero-order valence-electron chi connectivity index (χ0n) is 4.53. The summed E-state index contributed by atoms with van der Waals surface area (Å²) in [6.45, 7) is 0. The van der Waals surface area contributed by atoms with E-state index in [1.165, 1.54) is 0 Å². The number of hydrogen-bond acceptors (Lipinski definition) is 2. The molecular weight excluding hydrogens is 167 g/mol. The minimum absolute atomic E-state index is 0.494. The second-order valence-corrected chi connectivity index (χ2v) is 2.98. The quantitative estimate of drug-likeness (QED) is 0.552. The van der Waals surface area contributed by atoms with Gasteiger partial charge >= 0.3 is 53.9 Å². The zero-order chi connectivity index (χ0) is 5.82. The number of hydrogen-bond donors (Lipinski definition) is 0. The Balaban J connectivity index is 2.83. The molecule has 0 aliphatic carbocycles. The Bertz CT molecular complexity index is 152. The second-order valence-electron chi connectivity index (χ2n) is 1.25. The van der Waals surface area contributed by atoms with Gasteiger partial charge < -0.3 is 0 Å². The molecule has 1 aromatic heterocycles. The molecule has 0 aliphatic heterocycles. The van der Waals surface area contributed by atoms with Crippen molar-refractivity contribution in [2.24, 2.45) is 0 Å². The average molecular weight is 173 g/mol. The summed E-state index contributed by atoms with van der Waals surface area (Å²) in [7, 11) is 0. The number of rotatable bonds is 1. The second kappa shape index (κ2) is 2.80. The first-order valence-corrected chi connectivity index (χ1v) is 4.80. The standard InChI is InChI=1S/C5H6N2Se/c1-8-5-4-6-2-3-7-5/h2-4H,1H3. The van der Waals surface area contributed by atoms with Crippen LogP contribution in [0.2, 0.25) is 5.82 Å². The van der Waals surface area contributed by atoms with Gasteiger partial charge in [-0.25, -0.2) is 0 Å². The van der Waals surface area contributed by atoms with Crippen LogP contribution in [0.5, 0.6) is 0 Å². The molecule has 0 amide bonds. The molecule has 1 heterocycles. The number of aromatic nitrogens is 2. The molecule has 0 bridgehead atoms. The molecule has 0 saturated heterocycles. The first kappa shape index (κ1) is 5.73. The van der Waals surface area contributed by atoms with E-state index >= 15 is 0 Å². The molecule has 0 aromatic carbocycles. The van der Waals surface area contributed by atoms with Crippen molar-refractivity contribution in [1.82, 2.24) is 9.97 Å². The van der Waals surface area contributed by atoms with E-state index in [0.717, 1.165) is 4.59 Å². The SMILES string of the molecule is C[Se]c1cnccn1. The van der Waals surface area contributed by atoms with E-state index in [1.807, 2.05) is 0 Å². The van der Waals surface area contributed by atoms with Crippen LogP contribution < -0.4 is 4.59 Å². The van der Waals surface area contributed by atoms with Gasteiger partial charge in [0, 0.05) is 0 Å². The Morgan fingerprint density at radius 2 is 2.38 bits per heavy atom. The molecule has 3 heteroatoms. The summed E-state index contributed by atoms with van der Waals surface area (Å²) in [5.41, 5.74) is 0. The predicted octanol–water partition coefficient (Wildman–Crippen LogP) is -0.146. The van der Waals surface area contributed by atoms with Crippen molar-refractivity contribution >= 4 is 19.5 Å². The first-order chi connectivity index (χ1) is 3.93. The van der Waals surface area contributed by atoms with Crippen LogP contribution in [0.25, 0.3) is 0 Å². The van der Waals surface area contributed by atoms with Crippen LogP contribution in [-0.4, -0.2) is 24.9 Å². The van der Waals surface area contributed by atoms with E-state index in [1.54, 1.807) is 18.6 Å². The van der Waals surface area contributed by atoms with Crippen molar-refractivity contribution in [1.29, 1.82) is 0 Å². The van der Waals surface area contributed by atoms with Crippen LogP contribution in [0.1, 0.15) is 0 Å². The Labute approximate surface area is 54.5 Å². The van der Waals surface area contributed by atoms with E-state index in [0.29, 0.717) is 15.0 Å². The van der Waals surface area contributed by atoms with Crippen LogP contribution in [-0.2, 0) is 0 Å². The van der Waals surface area contributed by atoms with Crippen molar-refractivity contribution in [3.05, 3.63) is 18.6 Å². The third kappa shape index (κ3) is 1.29. The number of nitrogens with zero attached hydrogens (tertiary/aromatic N) is 2. The van der Waals surface area contributed by atoms with Crippen LogP contribution in [0.15, 0.2) is 18.6 Å². The summed E-state index contributed by atoms with van der Waals surface area (Å²) in [4.78, 5) is 7.97. The fourth-order valence-corrected chi connectivity index (χ4v) is 1.09. The van der Waals surface area contributed by atoms with Gasteiger partial charge in [0.2, 0.25) is 0 Å². The van der Waals surface area contributed by atoms with E-state index in [-0.39, 0.29) is 0 Å². The van der Waals surface area contributed by atoms with Gasteiger partial charge in [0.25, 0.3) is 0 Å². The van der Waals surface area contributed by atoms with Gasteiger partial charge in [-0.2, -0.15) is 0 Å². The summed E-state index contributed by atoms with van der Waals surface area (Å²) in [5.74, 6) is 2.12. The summed E-state index contributed by atoms with van der Waals surface area (Å²) in [6, 6.07) is 0.